The summed E-state index contributed by atoms with van der Waals surface area (Å²) in [7, 11) is 0. The maximum Gasteiger partial charge on any atom is 0.306 e. The van der Waals surface area contributed by atoms with Gasteiger partial charge in [-0.2, -0.15) is 0 Å². The fourth-order valence-electron chi connectivity index (χ4n) is 9.32. The van der Waals surface area contributed by atoms with Crippen molar-refractivity contribution in [3.05, 3.63) is 109 Å². The van der Waals surface area contributed by atoms with Gasteiger partial charge >= 0.3 is 17.9 Å². The topological polar surface area (TPSA) is 78.9 Å². The molecule has 0 aromatic carbocycles. The minimum absolute atomic E-state index is 0.0802. The maximum absolute atomic E-state index is 12.9. The van der Waals surface area contributed by atoms with E-state index in [9.17, 15) is 14.4 Å². The Bertz CT molecular complexity index is 1590. The Morgan fingerprint density at radius 2 is 0.494 bits per heavy atom. The smallest absolute Gasteiger partial charge is 0.306 e. The quantitative estimate of drug-likeness (QED) is 0.0261. The highest BCUT2D eigenvalue weighted by Crippen LogP contribution is 2.17. The number of hydrogen-bond donors (Lipinski definition) is 0. The molecule has 0 aliphatic rings. The first-order valence-electron chi connectivity index (χ1n) is 33.4. The number of allylic oxidation sites excluding steroid dienone is 18. The van der Waals surface area contributed by atoms with Crippen LogP contribution in [0.5, 0.6) is 0 Å². The molecule has 0 spiro atoms. The van der Waals surface area contributed by atoms with Gasteiger partial charge in [0.25, 0.3) is 0 Å². The second-order valence-corrected chi connectivity index (χ2v) is 22.0. The van der Waals surface area contributed by atoms with Crippen molar-refractivity contribution in [1.29, 1.82) is 0 Å². The van der Waals surface area contributed by atoms with Crippen LogP contribution in [0.15, 0.2) is 109 Å². The van der Waals surface area contributed by atoms with Gasteiger partial charge in [0, 0.05) is 19.3 Å². The van der Waals surface area contributed by atoms with Gasteiger partial charge in [-0.15, -0.1) is 0 Å². The molecule has 0 aliphatic carbocycles. The van der Waals surface area contributed by atoms with Crippen molar-refractivity contribution in [3.63, 3.8) is 0 Å². The van der Waals surface area contributed by atoms with E-state index in [2.05, 4.69) is 130 Å². The molecule has 0 aromatic rings. The van der Waals surface area contributed by atoms with E-state index >= 15 is 0 Å². The molecular formula is C73H124O6. The van der Waals surface area contributed by atoms with E-state index in [1.54, 1.807) is 0 Å². The number of carbonyl (C=O) groups is 3. The van der Waals surface area contributed by atoms with Crippen LogP contribution in [0.4, 0.5) is 0 Å². The van der Waals surface area contributed by atoms with Gasteiger partial charge < -0.3 is 14.2 Å². The summed E-state index contributed by atoms with van der Waals surface area (Å²) < 4.78 is 16.9. The molecule has 1 unspecified atom stereocenters. The van der Waals surface area contributed by atoms with Gasteiger partial charge in [-0.1, -0.05) is 316 Å². The first kappa shape index (κ1) is 75.1. The van der Waals surface area contributed by atoms with Gasteiger partial charge in [0.2, 0.25) is 0 Å². The average Bonchev–Trinajstić information content (AvgIpc) is 3.45. The molecular weight excluding hydrogens is 973 g/mol. The van der Waals surface area contributed by atoms with Crippen molar-refractivity contribution >= 4 is 17.9 Å². The van der Waals surface area contributed by atoms with Crippen molar-refractivity contribution in [2.24, 2.45) is 0 Å². The summed E-state index contributed by atoms with van der Waals surface area (Å²) in [4.78, 5) is 38.2. The lowest BCUT2D eigenvalue weighted by Gasteiger charge is -2.18. The summed E-state index contributed by atoms with van der Waals surface area (Å²) in [6, 6.07) is 0. The summed E-state index contributed by atoms with van der Waals surface area (Å²) in [6.45, 7) is 6.53. The van der Waals surface area contributed by atoms with Crippen molar-refractivity contribution in [3.8, 4) is 0 Å². The molecule has 0 rings (SSSR count). The van der Waals surface area contributed by atoms with Gasteiger partial charge in [-0.05, 0) is 89.9 Å². The minimum Gasteiger partial charge on any atom is -0.462 e. The Labute approximate surface area is 489 Å². The number of ether oxygens (including phenoxy) is 3. The number of carbonyl (C=O) groups excluding carboxylic acids is 3. The largest absolute Gasteiger partial charge is 0.462 e. The van der Waals surface area contributed by atoms with Crippen molar-refractivity contribution in [2.45, 2.75) is 322 Å². The molecule has 452 valence electrons. The van der Waals surface area contributed by atoms with Crippen LogP contribution in [0.25, 0.3) is 0 Å². The molecule has 0 heterocycles. The predicted molar refractivity (Wildman–Crippen MR) is 343 cm³/mol. The molecule has 0 amide bonds. The maximum atomic E-state index is 12.9. The van der Waals surface area contributed by atoms with Gasteiger partial charge in [0.1, 0.15) is 13.2 Å². The standard InChI is InChI=1S/C73H124O6/c1-4-7-10-13-16-19-22-24-26-28-30-31-32-33-34-35-36-37-38-39-40-41-42-43-44-46-47-49-51-54-57-60-63-66-72(75)78-69-70(68-77-71(74)65-62-59-56-53-21-18-15-12-9-6-3)79-73(76)67-64-61-58-55-52-50-48-45-29-27-25-23-20-17-14-11-8-5-2/h7,10,16,19,24,26,30-31,33-34,36-37,39-40,42-43,46-47,70H,4-6,8-9,11-15,17-18,20-23,25,27-29,32,35,38,41,44-45,48-69H2,1-3H3/b10-7-,19-16-,26-24-,31-30-,34-33-,37-36-,40-39-,43-42-,47-46-. The molecule has 1 atom stereocenters. The van der Waals surface area contributed by atoms with E-state index in [1.807, 2.05) is 0 Å². The fraction of sp³-hybridized carbons (Fsp3) is 0.712. The second kappa shape index (κ2) is 66.6. The van der Waals surface area contributed by atoms with Crippen LogP contribution in [-0.2, 0) is 28.6 Å². The van der Waals surface area contributed by atoms with Crippen LogP contribution in [0.2, 0.25) is 0 Å². The van der Waals surface area contributed by atoms with Gasteiger partial charge in [0.15, 0.2) is 6.10 Å². The molecule has 0 N–H and O–H groups in total. The third kappa shape index (κ3) is 64.8. The molecule has 0 bridgehead atoms. The Hall–Kier alpha value is -3.93. The van der Waals surface area contributed by atoms with Crippen molar-refractivity contribution in [1.82, 2.24) is 0 Å². The third-order valence-electron chi connectivity index (χ3n) is 14.3. The molecule has 0 aromatic heterocycles. The molecule has 0 radical (unpaired) electrons. The number of esters is 3. The number of hydrogen-bond acceptors (Lipinski definition) is 6. The van der Waals surface area contributed by atoms with Crippen LogP contribution < -0.4 is 0 Å². The Balaban J connectivity index is 4.25. The molecule has 0 aliphatic heterocycles. The predicted octanol–water partition coefficient (Wildman–Crippen LogP) is 23.0. The summed E-state index contributed by atoms with van der Waals surface area (Å²) in [6.07, 6.45) is 91.1. The third-order valence-corrected chi connectivity index (χ3v) is 14.3. The molecule has 6 nitrogen and oxygen atoms in total. The van der Waals surface area contributed by atoms with Crippen LogP contribution in [0.1, 0.15) is 316 Å². The highest BCUT2D eigenvalue weighted by Gasteiger charge is 2.19. The Morgan fingerprint density at radius 3 is 0.772 bits per heavy atom. The van der Waals surface area contributed by atoms with Gasteiger partial charge in [-0.3, -0.25) is 14.4 Å². The summed E-state index contributed by atoms with van der Waals surface area (Å²) >= 11 is 0. The van der Waals surface area contributed by atoms with Crippen LogP contribution >= 0.6 is 0 Å². The van der Waals surface area contributed by atoms with Crippen LogP contribution in [0, 0.1) is 0 Å². The molecule has 0 saturated heterocycles. The zero-order valence-electron chi connectivity index (χ0n) is 51.9. The lowest BCUT2D eigenvalue weighted by atomic mass is 10.0. The summed E-state index contributed by atoms with van der Waals surface area (Å²) in [5, 5.41) is 0. The van der Waals surface area contributed by atoms with Gasteiger partial charge in [-0.25, -0.2) is 0 Å². The summed E-state index contributed by atoms with van der Waals surface area (Å²) in [5.74, 6) is -0.890. The van der Waals surface area contributed by atoms with E-state index in [0.717, 1.165) is 135 Å². The first-order valence-corrected chi connectivity index (χ1v) is 33.4. The second-order valence-electron chi connectivity index (χ2n) is 22.0. The monoisotopic (exact) mass is 1100 g/mol. The molecule has 0 saturated carbocycles. The zero-order valence-corrected chi connectivity index (χ0v) is 51.9. The van der Waals surface area contributed by atoms with Crippen LogP contribution in [-0.4, -0.2) is 37.2 Å². The summed E-state index contributed by atoms with van der Waals surface area (Å²) in [5.41, 5.74) is 0. The lowest BCUT2D eigenvalue weighted by molar-refractivity contribution is -0.167. The van der Waals surface area contributed by atoms with Crippen molar-refractivity contribution in [2.75, 3.05) is 13.2 Å². The first-order chi connectivity index (χ1) is 39.0. The number of unbranched alkanes of at least 4 members (excludes halogenated alkanes) is 31. The fourth-order valence-corrected chi connectivity index (χ4v) is 9.32. The highest BCUT2D eigenvalue weighted by atomic mass is 16.6. The zero-order chi connectivity index (χ0) is 57.1. The lowest BCUT2D eigenvalue weighted by Crippen LogP contribution is -2.30. The van der Waals surface area contributed by atoms with Crippen LogP contribution in [0.3, 0.4) is 0 Å². The molecule has 79 heavy (non-hydrogen) atoms. The van der Waals surface area contributed by atoms with E-state index in [4.69, 9.17) is 14.2 Å². The van der Waals surface area contributed by atoms with Crippen molar-refractivity contribution < 1.29 is 28.6 Å². The Kier molecular flexibility index (Phi) is 63.3. The SMILES string of the molecule is CC/C=C\C/C=C\C/C=C\C/C=C\C/C=C\C/C=C\C/C=C\C/C=C\C/C=C\CCCCCCCC(=O)OCC(COC(=O)CCCCCCCCCCCC)OC(=O)CCCCCCCCCCCCCCCCCCCC. The average molecular weight is 1100 g/mol. The number of rotatable bonds is 60. The van der Waals surface area contributed by atoms with E-state index in [0.29, 0.717) is 19.3 Å². The van der Waals surface area contributed by atoms with E-state index < -0.39 is 6.10 Å². The van der Waals surface area contributed by atoms with E-state index in [1.165, 1.54) is 141 Å². The highest BCUT2D eigenvalue weighted by molar-refractivity contribution is 5.71. The minimum atomic E-state index is -0.784. The molecule has 0 fully saturated rings. The van der Waals surface area contributed by atoms with E-state index in [-0.39, 0.29) is 31.1 Å². The Morgan fingerprint density at radius 1 is 0.266 bits per heavy atom. The van der Waals surface area contributed by atoms with Gasteiger partial charge in [0.05, 0.1) is 0 Å². The normalized spacial score (nSPS) is 12.8. The molecule has 6 heteroatoms.